The summed E-state index contributed by atoms with van der Waals surface area (Å²) >= 11 is 0. The van der Waals surface area contributed by atoms with Gasteiger partial charge in [0.15, 0.2) is 12.6 Å². The minimum atomic E-state index is -3.99. The molecule has 2 aromatic carbocycles. The second kappa shape index (κ2) is 18.8. The van der Waals surface area contributed by atoms with Crippen molar-refractivity contribution in [2.75, 3.05) is 45.9 Å². The van der Waals surface area contributed by atoms with Crippen LogP contribution in [0.15, 0.2) is 53.4 Å². The second-order valence-electron chi connectivity index (χ2n) is 12.7. The number of carbonyl (C=O) groups excluding carboxylic acids is 1. The number of nitrogens with one attached hydrogen (secondary N) is 1. The van der Waals surface area contributed by atoms with Crippen LogP contribution in [0, 0.1) is 18.8 Å². The number of aliphatic hydroxyl groups is 1. The molecule has 0 radical (unpaired) electrons. The van der Waals surface area contributed by atoms with Gasteiger partial charge in [0.05, 0.1) is 49.4 Å². The number of amides is 1. The molecular formula is C35H53N2O11PS. The molecule has 2 aromatic rings. The standard InChI is InChI=1S/C35H53N2O11PS/c1-6-26(7-2)21-37(50(41,42)29-16-10-25(5)11-17-29)22-32(38)31(36-35(39)48-33-23-44-34-30(33)18-19-43-34)20-27-12-14-28(15-13-27)45-24-49(40,46-8-3)47-9-4/h10-17,26,30-34,38H,6-9,18-24H2,1-5H3,(H,36,39)/t30-,31-,32+,33-,34+/m0/s1. The zero-order chi connectivity index (χ0) is 36.3. The maximum Gasteiger partial charge on any atom is 0.407 e. The summed E-state index contributed by atoms with van der Waals surface area (Å²) in [6.07, 6.45) is -0.857. The van der Waals surface area contributed by atoms with Crippen LogP contribution >= 0.6 is 7.60 Å². The van der Waals surface area contributed by atoms with E-state index in [1.54, 1.807) is 62.4 Å². The summed E-state index contributed by atoms with van der Waals surface area (Å²) in [7, 11) is -7.41. The largest absolute Gasteiger partial charge is 0.481 e. The van der Waals surface area contributed by atoms with Gasteiger partial charge in [-0.2, -0.15) is 4.31 Å². The molecule has 0 aliphatic carbocycles. The van der Waals surface area contributed by atoms with Gasteiger partial charge in [-0.3, -0.25) is 4.57 Å². The molecule has 0 bridgehead atoms. The fourth-order valence-corrected chi connectivity index (χ4v) is 8.94. The van der Waals surface area contributed by atoms with Crippen molar-refractivity contribution in [1.82, 2.24) is 9.62 Å². The SMILES string of the molecule is CCOP(=O)(COc1ccc(C[C@H](NC(=O)O[C@H]2CO[C@H]3OCC[C@H]32)[C@H](O)CN(CC(CC)CC)S(=O)(=O)c2ccc(C)cc2)cc1)OCC. The van der Waals surface area contributed by atoms with Gasteiger partial charge in [-0.15, -0.1) is 0 Å². The summed E-state index contributed by atoms with van der Waals surface area (Å²) in [5.74, 6) is 0.414. The number of rotatable bonds is 20. The summed E-state index contributed by atoms with van der Waals surface area (Å²) in [5.41, 5.74) is 1.65. The Morgan fingerprint density at radius 1 is 1.00 bits per heavy atom. The summed E-state index contributed by atoms with van der Waals surface area (Å²) in [6.45, 7) is 10.4. The average molecular weight is 741 g/mol. The normalized spacial score (nSPS) is 20.5. The fourth-order valence-electron chi connectivity index (χ4n) is 6.09. The van der Waals surface area contributed by atoms with E-state index in [4.69, 9.17) is 28.0 Å². The van der Waals surface area contributed by atoms with Gasteiger partial charge in [-0.25, -0.2) is 13.2 Å². The second-order valence-corrected chi connectivity index (χ2v) is 16.6. The predicted molar refractivity (Wildman–Crippen MR) is 188 cm³/mol. The summed E-state index contributed by atoms with van der Waals surface area (Å²) in [6, 6.07) is 12.6. The lowest BCUT2D eigenvalue weighted by atomic mass is 10.00. The van der Waals surface area contributed by atoms with Crippen LogP contribution in [0.25, 0.3) is 0 Å². The zero-order valence-corrected chi connectivity index (χ0v) is 31.4. The predicted octanol–water partition coefficient (Wildman–Crippen LogP) is 5.48. The first kappa shape index (κ1) is 40.2. The summed E-state index contributed by atoms with van der Waals surface area (Å²) in [4.78, 5) is 13.4. The van der Waals surface area contributed by atoms with Crippen molar-refractivity contribution in [1.29, 1.82) is 0 Å². The third-order valence-electron chi connectivity index (χ3n) is 9.10. The number of carbonyl (C=O) groups is 1. The fraction of sp³-hybridized carbons (Fsp3) is 0.629. The topological polar surface area (TPSA) is 159 Å². The molecule has 280 valence electrons. The Labute approximate surface area is 296 Å². The van der Waals surface area contributed by atoms with Crippen molar-refractivity contribution in [3.63, 3.8) is 0 Å². The van der Waals surface area contributed by atoms with Gasteiger partial charge in [0.1, 0.15) is 11.9 Å². The van der Waals surface area contributed by atoms with Gasteiger partial charge < -0.3 is 38.4 Å². The number of hydrogen-bond acceptors (Lipinski definition) is 11. The highest BCUT2D eigenvalue weighted by molar-refractivity contribution is 7.89. The number of fused-ring (bicyclic) bond motifs is 1. The quantitative estimate of drug-likeness (QED) is 0.166. The van der Waals surface area contributed by atoms with E-state index in [-0.39, 0.29) is 62.4 Å². The van der Waals surface area contributed by atoms with E-state index < -0.39 is 48.3 Å². The van der Waals surface area contributed by atoms with Crippen LogP contribution in [0.2, 0.25) is 0 Å². The molecule has 0 aromatic heterocycles. The molecule has 15 heteroatoms. The number of alkyl carbamates (subject to hydrolysis) is 1. The van der Waals surface area contributed by atoms with E-state index in [1.165, 1.54) is 4.31 Å². The molecule has 13 nitrogen and oxygen atoms in total. The molecule has 2 heterocycles. The van der Waals surface area contributed by atoms with Crippen molar-refractivity contribution in [2.45, 2.75) is 89.7 Å². The van der Waals surface area contributed by atoms with Gasteiger partial charge in [0.25, 0.3) is 0 Å². The third-order valence-corrected chi connectivity index (χ3v) is 12.7. The van der Waals surface area contributed by atoms with Crippen LogP contribution in [-0.2, 0) is 44.3 Å². The Bertz CT molecular complexity index is 1500. The number of benzene rings is 2. The monoisotopic (exact) mass is 740 g/mol. The number of aryl methyl sites for hydroxylation is 1. The number of sulfonamides is 1. The molecule has 4 rings (SSSR count). The third kappa shape index (κ3) is 11.0. The molecule has 2 aliphatic rings. The van der Waals surface area contributed by atoms with E-state index in [0.29, 0.717) is 18.8 Å². The number of hydrogen-bond donors (Lipinski definition) is 2. The first-order chi connectivity index (χ1) is 23.9. The van der Waals surface area contributed by atoms with Gasteiger partial charge in [-0.05, 0) is 69.4 Å². The molecular weight excluding hydrogens is 687 g/mol. The minimum absolute atomic E-state index is 0.0658. The van der Waals surface area contributed by atoms with E-state index in [0.717, 1.165) is 24.0 Å². The molecule has 0 saturated carbocycles. The molecule has 2 N–H and O–H groups in total. The molecule has 0 unspecified atom stereocenters. The Morgan fingerprint density at radius 2 is 1.66 bits per heavy atom. The van der Waals surface area contributed by atoms with Gasteiger partial charge in [-0.1, -0.05) is 56.5 Å². The minimum Gasteiger partial charge on any atom is -0.481 e. The van der Waals surface area contributed by atoms with Gasteiger partial charge in [0.2, 0.25) is 10.0 Å². The smallest absolute Gasteiger partial charge is 0.407 e. The van der Waals surface area contributed by atoms with Crippen LogP contribution in [0.4, 0.5) is 4.79 Å². The Hall–Kier alpha value is -2.55. The lowest BCUT2D eigenvalue weighted by Gasteiger charge is -2.31. The molecule has 0 spiro atoms. The maximum absolute atomic E-state index is 14.0. The highest BCUT2D eigenvalue weighted by atomic mass is 32.2. The van der Waals surface area contributed by atoms with Gasteiger partial charge >= 0.3 is 13.7 Å². The van der Waals surface area contributed by atoms with Crippen molar-refractivity contribution < 1.29 is 50.9 Å². The Balaban J connectivity index is 1.54. The van der Waals surface area contributed by atoms with Crippen molar-refractivity contribution in [2.24, 2.45) is 11.8 Å². The van der Waals surface area contributed by atoms with Crippen LogP contribution in [0.5, 0.6) is 5.75 Å². The summed E-state index contributed by atoms with van der Waals surface area (Å²) < 4.78 is 75.3. The highest BCUT2D eigenvalue weighted by Crippen LogP contribution is 2.47. The Morgan fingerprint density at radius 3 is 2.28 bits per heavy atom. The highest BCUT2D eigenvalue weighted by Gasteiger charge is 2.44. The molecule has 1 amide bonds. The Kier molecular flexibility index (Phi) is 15.1. The number of nitrogens with zero attached hydrogens (tertiary/aromatic N) is 1. The molecule has 5 atom stereocenters. The lowest BCUT2D eigenvalue weighted by Crippen LogP contribution is -2.52. The number of aliphatic hydroxyl groups excluding tert-OH is 1. The first-order valence-electron chi connectivity index (χ1n) is 17.5. The van der Waals surface area contributed by atoms with E-state index >= 15 is 0 Å². The van der Waals surface area contributed by atoms with E-state index in [2.05, 4.69) is 5.32 Å². The van der Waals surface area contributed by atoms with Crippen LogP contribution in [0.1, 0.15) is 58.1 Å². The zero-order valence-electron chi connectivity index (χ0n) is 29.7. The van der Waals surface area contributed by atoms with Crippen molar-refractivity contribution in [3.05, 3.63) is 59.7 Å². The van der Waals surface area contributed by atoms with Crippen LogP contribution in [0.3, 0.4) is 0 Å². The summed E-state index contributed by atoms with van der Waals surface area (Å²) in [5, 5.41) is 14.6. The van der Waals surface area contributed by atoms with E-state index in [1.807, 2.05) is 20.8 Å². The van der Waals surface area contributed by atoms with Gasteiger partial charge in [0, 0.05) is 13.1 Å². The first-order valence-corrected chi connectivity index (χ1v) is 20.6. The van der Waals surface area contributed by atoms with Crippen LogP contribution < -0.4 is 10.1 Å². The van der Waals surface area contributed by atoms with Crippen LogP contribution in [-0.4, -0.2) is 94.3 Å². The van der Waals surface area contributed by atoms with Crippen molar-refractivity contribution >= 4 is 23.7 Å². The molecule has 2 fully saturated rings. The number of ether oxygens (including phenoxy) is 4. The molecule has 2 saturated heterocycles. The molecule has 2 aliphatic heterocycles. The lowest BCUT2D eigenvalue weighted by molar-refractivity contribution is -0.0907. The molecule has 50 heavy (non-hydrogen) atoms. The average Bonchev–Trinajstić information content (AvgIpc) is 3.71. The van der Waals surface area contributed by atoms with Crippen molar-refractivity contribution in [3.8, 4) is 5.75 Å². The van der Waals surface area contributed by atoms with E-state index in [9.17, 15) is 22.9 Å². The maximum atomic E-state index is 14.0.